The quantitative estimate of drug-likeness (QED) is 0.587. The van der Waals surface area contributed by atoms with E-state index in [0.717, 1.165) is 12.8 Å². The second kappa shape index (κ2) is 2.58. The smallest absolute Gasteiger partial charge is 0.126 e. The van der Waals surface area contributed by atoms with Crippen LogP contribution in [0.5, 0.6) is 0 Å². The van der Waals surface area contributed by atoms with Gasteiger partial charge in [0.05, 0.1) is 0 Å². The van der Waals surface area contributed by atoms with E-state index in [9.17, 15) is 4.79 Å². The van der Waals surface area contributed by atoms with E-state index in [1.165, 1.54) is 38.4 Å². The molecular formula is C11H18O. The minimum atomic E-state index is 0.149. The highest BCUT2D eigenvalue weighted by atomic mass is 16.1. The van der Waals surface area contributed by atoms with Crippen molar-refractivity contribution in [3.05, 3.63) is 0 Å². The Morgan fingerprint density at radius 3 is 2.17 bits per heavy atom. The van der Waals surface area contributed by atoms with Crippen molar-refractivity contribution < 1.29 is 4.79 Å². The molecule has 0 amide bonds. The Morgan fingerprint density at radius 1 is 1.25 bits per heavy atom. The average Bonchev–Trinajstić information content (AvgIpc) is 2.78. The Kier molecular flexibility index (Phi) is 1.78. The molecule has 2 rings (SSSR count). The third-order valence-electron chi connectivity index (χ3n) is 4.03. The highest BCUT2D eigenvalue weighted by molar-refractivity contribution is 5.63. The lowest BCUT2D eigenvalue weighted by molar-refractivity contribution is -0.114. The molecule has 2 fully saturated rings. The summed E-state index contributed by atoms with van der Waals surface area (Å²) in [5.74, 6) is 0. The van der Waals surface area contributed by atoms with Gasteiger partial charge in [0, 0.05) is 5.41 Å². The van der Waals surface area contributed by atoms with E-state index in [0.29, 0.717) is 5.41 Å². The summed E-state index contributed by atoms with van der Waals surface area (Å²) in [6.45, 7) is 2.28. The summed E-state index contributed by atoms with van der Waals surface area (Å²) in [5.41, 5.74) is 0.730. The molecule has 0 heterocycles. The molecule has 0 aromatic heterocycles. The van der Waals surface area contributed by atoms with Crippen LogP contribution >= 0.6 is 0 Å². The molecule has 0 N–H and O–H groups in total. The maximum absolute atomic E-state index is 10.8. The number of hydrogen-bond acceptors (Lipinski definition) is 1. The van der Waals surface area contributed by atoms with E-state index < -0.39 is 0 Å². The van der Waals surface area contributed by atoms with Gasteiger partial charge in [0.25, 0.3) is 0 Å². The van der Waals surface area contributed by atoms with Gasteiger partial charge < -0.3 is 4.79 Å². The Balaban J connectivity index is 1.96. The first-order valence-electron chi connectivity index (χ1n) is 5.21. The lowest BCUT2D eigenvalue weighted by Crippen LogP contribution is -2.32. The lowest BCUT2D eigenvalue weighted by atomic mass is 9.62. The van der Waals surface area contributed by atoms with Gasteiger partial charge in [0.1, 0.15) is 6.29 Å². The fourth-order valence-electron chi connectivity index (χ4n) is 2.58. The highest BCUT2D eigenvalue weighted by Gasteiger charge is 2.50. The Hall–Kier alpha value is -0.330. The first-order chi connectivity index (χ1) is 5.74. The molecule has 0 bridgehead atoms. The van der Waals surface area contributed by atoms with Gasteiger partial charge in [-0.2, -0.15) is 0 Å². The van der Waals surface area contributed by atoms with Crippen molar-refractivity contribution in [2.24, 2.45) is 10.8 Å². The van der Waals surface area contributed by atoms with Gasteiger partial charge in [-0.1, -0.05) is 19.8 Å². The number of rotatable bonds is 4. The molecule has 0 radical (unpaired) electrons. The summed E-state index contributed by atoms with van der Waals surface area (Å²) >= 11 is 0. The minimum absolute atomic E-state index is 0.149. The topological polar surface area (TPSA) is 17.1 Å². The molecule has 1 heteroatoms. The minimum Gasteiger partial charge on any atom is -0.303 e. The van der Waals surface area contributed by atoms with Crippen LogP contribution in [0.3, 0.4) is 0 Å². The van der Waals surface area contributed by atoms with Crippen LogP contribution in [0, 0.1) is 10.8 Å². The Morgan fingerprint density at radius 2 is 1.92 bits per heavy atom. The highest BCUT2D eigenvalue weighted by Crippen LogP contribution is 2.58. The normalized spacial score (nSPS) is 29.1. The van der Waals surface area contributed by atoms with Crippen LogP contribution in [0.1, 0.15) is 51.9 Å². The van der Waals surface area contributed by atoms with Gasteiger partial charge in [-0.15, -0.1) is 0 Å². The molecule has 12 heavy (non-hydrogen) atoms. The zero-order chi connectivity index (χ0) is 8.66. The second-order valence-electron chi connectivity index (χ2n) is 4.86. The summed E-state index contributed by atoms with van der Waals surface area (Å²) < 4.78 is 0. The van der Waals surface area contributed by atoms with E-state index in [1.807, 2.05) is 0 Å². The molecule has 68 valence electrons. The summed E-state index contributed by atoms with van der Waals surface area (Å²) in [6, 6.07) is 0. The summed E-state index contributed by atoms with van der Waals surface area (Å²) in [5, 5.41) is 0. The van der Waals surface area contributed by atoms with Crippen LogP contribution in [0.15, 0.2) is 0 Å². The summed E-state index contributed by atoms with van der Waals surface area (Å²) in [7, 11) is 0. The molecule has 0 unspecified atom stereocenters. The zero-order valence-electron chi connectivity index (χ0n) is 7.94. The van der Waals surface area contributed by atoms with Gasteiger partial charge in [-0.25, -0.2) is 0 Å². The van der Waals surface area contributed by atoms with Gasteiger partial charge in [-0.3, -0.25) is 0 Å². The number of carbonyl (C=O) groups excluding carboxylic acids is 1. The monoisotopic (exact) mass is 166 g/mol. The summed E-state index contributed by atoms with van der Waals surface area (Å²) in [6.07, 6.45) is 10.2. The van der Waals surface area contributed by atoms with Crippen LogP contribution in [0.2, 0.25) is 0 Å². The molecule has 0 aromatic rings. The van der Waals surface area contributed by atoms with Crippen LogP contribution in [0.25, 0.3) is 0 Å². The molecule has 0 saturated heterocycles. The molecular weight excluding hydrogens is 148 g/mol. The predicted molar refractivity (Wildman–Crippen MR) is 48.9 cm³/mol. The number of hydrogen-bond donors (Lipinski definition) is 0. The van der Waals surface area contributed by atoms with E-state index >= 15 is 0 Å². The lowest BCUT2D eigenvalue weighted by Gasteiger charge is -2.43. The molecule has 2 aliphatic carbocycles. The average molecular weight is 166 g/mol. The fourth-order valence-corrected chi connectivity index (χ4v) is 2.58. The summed E-state index contributed by atoms with van der Waals surface area (Å²) in [4.78, 5) is 10.8. The van der Waals surface area contributed by atoms with Crippen LogP contribution in [-0.4, -0.2) is 6.29 Å². The van der Waals surface area contributed by atoms with Crippen molar-refractivity contribution in [3.8, 4) is 0 Å². The largest absolute Gasteiger partial charge is 0.303 e. The van der Waals surface area contributed by atoms with Gasteiger partial charge in [-0.05, 0) is 37.5 Å². The third kappa shape index (κ3) is 1.19. The Bertz CT molecular complexity index is 182. The van der Waals surface area contributed by atoms with Crippen LogP contribution in [0.4, 0.5) is 0 Å². The van der Waals surface area contributed by atoms with Crippen molar-refractivity contribution in [2.75, 3.05) is 0 Å². The molecule has 1 nitrogen and oxygen atoms in total. The first kappa shape index (κ1) is 8.28. The van der Waals surface area contributed by atoms with Crippen molar-refractivity contribution >= 4 is 6.29 Å². The third-order valence-corrected chi connectivity index (χ3v) is 4.03. The standard InChI is InChI=1S/C11H18O/c1-2-10(4-3-5-10)8-11(9-12)6-7-11/h9H,2-8H2,1H3. The van der Waals surface area contributed by atoms with E-state index in [-0.39, 0.29) is 5.41 Å². The predicted octanol–water partition coefficient (Wildman–Crippen LogP) is 2.94. The van der Waals surface area contributed by atoms with Gasteiger partial charge in [0.2, 0.25) is 0 Å². The Labute approximate surface area is 74.5 Å². The van der Waals surface area contributed by atoms with Gasteiger partial charge >= 0.3 is 0 Å². The zero-order valence-corrected chi connectivity index (χ0v) is 7.94. The SMILES string of the molecule is CCC1(CC2(C=O)CC2)CCC1. The molecule has 0 aliphatic heterocycles. The molecule has 2 saturated carbocycles. The van der Waals surface area contributed by atoms with E-state index in [1.54, 1.807) is 0 Å². The molecule has 0 spiro atoms. The van der Waals surface area contributed by atoms with E-state index in [2.05, 4.69) is 6.92 Å². The van der Waals surface area contributed by atoms with Crippen LogP contribution < -0.4 is 0 Å². The number of carbonyl (C=O) groups is 1. The van der Waals surface area contributed by atoms with Crippen molar-refractivity contribution in [1.29, 1.82) is 0 Å². The van der Waals surface area contributed by atoms with Gasteiger partial charge in [0.15, 0.2) is 0 Å². The molecule has 2 aliphatic rings. The van der Waals surface area contributed by atoms with Crippen LogP contribution in [-0.2, 0) is 4.79 Å². The molecule has 0 atom stereocenters. The maximum atomic E-state index is 10.8. The maximum Gasteiger partial charge on any atom is 0.126 e. The molecule has 0 aromatic carbocycles. The second-order valence-corrected chi connectivity index (χ2v) is 4.86. The fraction of sp³-hybridized carbons (Fsp3) is 0.909. The number of aldehydes is 1. The van der Waals surface area contributed by atoms with Crippen molar-refractivity contribution in [3.63, 3.8) is 0 Å². The van der Waals surface area contributed by atoms with Crippen molar-refractivity contribution in [2.45, 2.75) is 51.9 Å². The van der Waals surface area contributed by atoms with Crippen molar-refractivity contribution in [1.82, 2.24) is 0 Å². The first-order valence-corrected chi connectivity index (χ1v) is 5.21. The van der Waals surface area contributed by atoms with E-state index in [4.69, 9.17) is 0 Å².